The lowest BCUT2D eigenvalue weighted by Gasteiger charge is -2.22. The summed E-state index contributed by atoms with van der Waals surface area (Å²) in [6.45, 7) is 1.08. The van der Waals surface area contributed by atoms with E-state index in [1.807, 2.05) is 6.92 Å². The van der Waals surface area contributed by atoms with E-state index in [1.165, 1.54) is 16.2 Å². The first-order valence-electron chi connectivity index (χ1n) is 6.14. The van der Waals surface area contributed by atoms with Crippen LogP contribution in [0.5, 0.6) is 0 Å². The Hall–Kier alpha value is -1.41. The highest BCUT2D eigenvalue weighted by molar-refractivity contribution is 7.17. The summed E-state index contributed by atoms with van der Waals surface area (Å²) in [6.07, 6.45) is -3.66. The molecule has 20 heavy (non-hydrogen) atoms. The summed E-state index contributed by atoms with van der Waals surface area (Å²) in [5.41, 5.74) is 0.223. The van der Waals surface area contributed by atoms with Crippen LogP contribution in [0.15, 0.2) is 16.2 Å². The topological polar surface area (TPSA) is 49.0 Å². The van der Waals surface area contributed by atoms with Crippen LogP contribution in [0.2, 0.25) is 0 Å². The van der Waals surface area contributed by atoms with E-state index in [9.17, 15) is 18.0 Å². The van der Waals surface area contributed by atoms with Crippen LogP contribution < -0.4 is 5.56 Å². The molecule has 0 atom stereocenters. The summed E-state index contributed by atoms with van der Waals surface area (Å²) in [5.74, 6) is 0.263. The molecule has 8 heteroatoms. The third kappa shape index (κ3) is 3.80. The second-order valence-corrected chi connectivity index (χ2v) is 5.39. The van der Waals surface area contributed by atoms with Gasteiger partial charge in [-0.25, -0.2) is 4.98 Å². The number of H-pyrrole nitrogens is 1. The number of rotatable bonds is 5. The fraction of sp³-hybridized carbons (Fsp3) is 0.500. The van der Waals surface area contributed by atoms with Gasteiger partial charge in [-0.2, -0.15) is 13.2 Å². The van der Waals surface area contributed by atoms with Crippen LogP contribution in [0, 0.1) is 0 Å². The van der Waals surface area contributed by atoms with Crippen LogP contribution in [0.3, 0.4) is 0 Å². The summed E-state index contributed by atoms with van der Waals surface area (Å²) < 4.78 is 37.9. The zero-order valence-electron chi connectivity index (χ0n) is 10.8. The van der Waals surface area contributed by atoms with E-state index in [0.29, 0.717) is 23.2 Å². The third-order valence-corrected chi connectivity index (χ3v) is 3.58. The first-order chi connectivity index (χ1) is 9.39. The molecule has 0 aliphatic heterocycles. The molecule has 0 radical (unpaired) electrons. The van der Waals surface area contributed by atoms with Crippen molar-refractivity contribution in [2.45, 2.75) is 26.1 Å². The summed E-state index contributed by atoms with van der Waals surface area (Å²) in [7, 11) is 0. The lowest BCUT2D eigenvalue weighted by atomic mass is 10.3. The molecule has 0 saturated heterocycles. The number of thiophene rings is 1. The van der Waals surface area contributed by atoms with Crippen molar-refractivity contribution in [3.63, 3.8) is 0 Å². The van der Waals surface area contributed by atoms with Gasteiger partial charge in [0.2, 0.25) is 0 Å². The molecule has 0 saturated carbocycles. The van der Waals surface area contributed by atoms with Crippen molar-refractivity contribution < 1.29 is 13.2 Å². The fourth-order valence-electron chi connectivity index (χ4n) is 1.99. The number of aromatic amines is 1. The molecule has 0 aliphatic rings. The van der Waals surface area contributed by atoms with Crippen LogP contribution in [0.1, 0.15) is 19.2 Å². The highest BCUT2D eigenvalue weighted by atomic mass is 32.1. The molecule has 2 aromatic heterocycles. The van der Waals surface area contributed by atoms with Crippen LogP contribution in [0.4, 0.5) is 13.2 Å². The van der Waals surface area contributed by atoms with E-state index in [0.717, 1.165) is 0 Å². The number of alkyl halides is 3. The Bertz CT molecular complexity index is 635. The number of aromatic nitrogens is 2. The molecule has 0 spiro atoms. The maximum absolute atomic E-state index is 12.5. The summed E-state index contributed by atoms with van der Waals surface area (Å²) in [6, 6.07) is 1.69. The second-order valence-electron chi connectivity index (χ2n) is 4.47. The minimum absolute atomic E-state index is 0.0195. The Morgan fingerprint density at radius 3 is 2.85 bits per heavy atom. The van der Waals surface area contributed by atoms with E-state index in [4.69, 9.17) is 0 Å². The van der Waals surface area contributed by atoms with Crippen LogP contribution in [0.25, 0.3) is 10.2 Å². The monoisotopic (exact) mass is 305 g/mol. The minimum atomic E-state index is -4.26. The first kappa shape index (κ1) is 15.0. The van der Waals surface area contributed by atoms with Gasteiger partial charge in [-0.05, 0) is 24.4 Å². The van der Waals surface area contributed by atoms with Gasteiger partial charge in [-0.3, -0.25) is 9.69 Å². The van der Waals surface area contributed by atoms with Gasteiger partial charge < -0.3 is 4.98 Å². The summed E-state index contributed by atoms with van der Waals surface area (Å²) in [4.78, 5) is 19.7. The van der Waals surface area contributed by atoms with Crippen LogP contribution >= 0.6 is 11.3 Å². The molecular formula is C12H14F3N3OS. The lowest BCUT2D eigenvalue weighted by molar-refractivity contribution is -0.147. The molecule has 0 fully saturated rings. The van der Waals surface area contributed by atoms with Crippen molar-refractivity contribution in [1.82, 2.24) is 14.9 Å². The van der Waals surface area contributed by atoms with Crippen molar-refractivity contribution in [3.8, 4) is 0 Å². The van der Waals surface area contributed by atoms with Gasteiger partial charge in [0.05, 0.1) is 18.6 Å². The molecule has 0 aromatic carbocycles. The molecule has 110 valence electrons. The molecule has 0 aliphatic carbocycles. The van der Waals surface area contributed by atoms with Crippen LogP contribution in [-0.2, 0) is 6.54 Å². The van der Waals surface area contributed by atoms with Crippen LogP contribution in [-0.4, -0.2) is 34.1 Å². The molecule has 4 nitrogen and oxygen atoms in total. The van der Waals surface area contributed by atoms with Crippen molar-refractivity contribution in [2.75, 3.05) is 13.1 Å². The maximum atomic E-state index is 12.5. The number of hydrogen-bond donors (Lipinski definition) is 1. The average Bonchev–Trinajstić information content (AvgIpc) is 2.75. The Labute approximate surface area is 117 Å². The average molecular weight is 305 g/mol. The van der Waals surface area contributed by atoms with Crippen molar-refractivity contribution in [2.24, 2.45) is 0 Å². The largest absolute Gasteiger partial charge is 0.401 e. The zero-order valence-corrected chi connectivity index (χ0v) is 11.6. The van der Waals surface area contributed by atoms with Gasteiger partial charge in [-0.15, -0.1) is 11.3 Å². The SMILES string of the molecule is CCCN(Cc1nc2ccsc2c(=O)[nH]1)CC(F)(F)F. The highest BCUT2D eigenvalue weighted by Gasteiger charge is 2.30. The van der Waals surface area contributed by atoms with Gasteiger partial charge >= 0.3 is 6.18 Å². The van der Waals surface area contributed by atoms with Gasteiger partial charge in [-0.1, -0.05) is 6.92 Å². The Morgan fingerprint density at radius 2 is 2.20 bits per heavy atom. The van der Waals surface area contributed by atoms with E-state index >= 15 is 0 Å². The van der Waals surface area contributed by atoms with Crippen molar-refractivity contribution >= 4 is 21.6 Å². The summed E-state index contributed by atoms with van der Waals surface area (Å²) >= 11 is 1.26. The molecule has 1 N–H and O–H groups in total. The third-order valence-electron chi connectivity index (χ3n) is 2.68. The predicted molar refractivity (Wildman–Crippen MR) is 71.9 cm³/mol. The van der Waals surface area contributed by atoms with Crippen molar-refractivity contribution in [3.05, 3.63) is 27.6 Å². The molecule has 0 bridgehead atoms. The molecule has 2 aromatic rings. The predicted octanol–water partition coefficient (Wildman–Crippen LogP) is 2.76. The fourth-order valence-corrected chi connectivity index (χ4v) is 2.72. The molecule has 2 heterocycles. The standard InChI is InChI=1S/C12H14F3N3OS/c1-2-4-18(7-12(13,14)15)6-9-16-8-3-5-20-10(8)11(19)17-9/h3,5H,2,4,6-7H2,1H3,(H,16,17,19). The zero-order chi connectivity index (χ0) is 14.8. The highest BCUT2D eigenvalue weighted by Crippen LogP contribution is 2.18. The van der Waals surface area contributed by atoms with E-state index < -0.39 is 12.7 Å². The van der Waals surface area contributed by atoms with E-state index in [-0.39, 0.29) is 17.9 Å². The molecule has 2 rings (SSSR count). The Morgan fingerprint density at radius 1 is 1.45 bits per heavy atom. The number of fused-ring (bicyclic) bond motifs is 1. The molecule has 0 amide bonds. The first-order valence-corrected chi connectivity index (χ1v) is 7.02. The van der Waals surface area contributed by atoms with Gasteiger partial charge in [0.1, 0.15) is 10.5 Å². The Balaban J connectivity index is 2.21. The second kappa shape index (κ2) is 5.92. The smallest absolute Gasteiger partial charge is 0.308 e. The summed E-state index contributed by atoms with van der Waals surface area (Å²) in [5, 5.41) is 1.73. The van der Waals surface area contributed by atoms with Gasteiger partial charge in [0, 0.05) is 0 Å². The van der Waals surface area contributed by atoms with Gasteiger partial charge in [0.15, 0.2) is 0 Å². The molecular weight excluding hydrogens is 291 g/mol. The molecule has 0 unspecified atom stereocenters. The van der Waals surface area contributed by atoms with E-state index in [2.05, 4.69) is 9.97 Å². The van der Waals surface area contributed by atoms with Gasteiger partial charge in [0.25, 0.3) is 5.56 Å². The quantitative estimate of drug-likeness (QED) is 0.924. The number of nitrogens with zero attached hydrogens (tertiary/aromatic N) is 2. The normalized spacial score (nSPS) is 12.4. The minimum Gasteiger partial charge on any atom is -0.308 e. The number of halogens is 3. The van der Waals surface area contributed by atoms with E-state index in [1.54, 1.807) is 11.4 Å². The number of hydrogen-bond acceptors (Lipinski definition) is 4. The number of nitrogens with one attached hydrogen (secondary N) is 1. The Kier molecular flexibility index (Phi) is 4.44. The maximum Gasteiger partial charge on any atom is 0.401 e. The lowest BCUT2D eigenvalue weighted by Crippen LogP contribution is -2.35. The van der Waals surface area contributed by atoms with Crippen molar-refractivity contribution in [1.29, 1.82) is 0 Å².